The number of halogens is 1. The van der Waals surface area contributed by atoms with E-state index < -0.39 is 10.0 Å². The van der Waals surface area contributed by atoms with Crippen LogP contribution in [0.4, 0.5) is 0 Å². The first-order valence-electron chi connectivity index (χ1n) is 11.1. The lowest BCUT2D eigenvalue weighted by molar-refractivity contribution is -0.126. The molecular formula is C24H31ClN2O4S. The topological polar surface area (TPSA) is 75.7 Å². The van der Waals surface area contributed by atoms with Gasteiger partial charge in [-0.05, 0) is 61.9 Å². The number of benzene rings is 2. The molecule has 3 rings (SSSR count). The molecule has 1 saturated heterocycles. The van der Waals surface area contributed by atoms with Gasteiger partial charge in [0, 0.05) is 30.6 Å². The van der Waals surface area contributed by atoms with Crippen molar-refractivity contribution < 1.29 is 17.9 Å². The minimum Gasteiger partial charge on any atom is -0.494 e. The smallest absolute Gasteiger partial charge is 0.223 e. The van der Waals surface area contributed by atoms with Gasteiger partial charge >= 0.3 is 0 Å². The Hall–Kier alpha value is -2.09. The van der Waals surface area contributed by atoms with E-state index in [9.17, 15) is 13.2 Å². The van der Waals surface area contributed by atoms with Gasteiger partial charge in [-0.3, -0.25) is 4.79 Å². The second-order valence-electron chi connectivity index (χ2n) is 7.99. The SMILES string of the molecule is CCOc1ccccc1CCCNC(=O)C1CCN(S(=O)(=O)Cc2ccc(Cl)cc2)CC1. The summed E-state index contributed by atoms with van der Waals surface area (Å²) in [5.41, 5.74) is 1.85. The highest BCUT2D eigenvalue weighted by Gasteiger charge is 2.31. The summed E-state index contributed by atoms with van der Waals surface area (Å²) >= 11 is 5.87. The van der Waals surface area contributed by atoms with Crippen molar-refractivity contribution >= 4 is 27.5 Å². The van der Waals surface area contributed by atoms with E-state index in [0.29, 0.717) is 49.7 Å². The number of aryl methyl sites for hydroxylation is 1. The van der Waals surface area contributed by atoms with E-state index in [1.54, 1.807) is 24.3 Å². The normalized spacial score (nSPS) is 15.4. The van der Waals surface area contributed by atoms with Crippen LogP contribution in [0.2, 0.25) is 5.02 Å². The molecule has 1 aliphatic heterocycles. The summed E-state index contributed by atoms with van der Waals surface area (Å²) in [7, 11) is -3.41. The van der Waals surface area contributed by atoms with Gasteiger partial charge in [0.25, 0.3) is 0 Å². The number of hydrogen-bond donors (Lipinski definition) is 1. The number of nitrogens with zero attached hydrogens (tertiary/aromatic N) is 1. The Morgan fingerprint density at radius 3 is 2.50 bits per heavy atom. The molecule has 174 valence electrons. The Labute approximate surface area is 196 Å². The number of carbonyl (C=O) groups excluding carboxylic acids is 1. The summed E-state index contributed by atoms with van der Waals surface area (Å²) in [6, 6.07) is 14.8. The van der Waals surface area contributed by atoms with Gasteiger partial charge in [-0.1, -0.05) is 41.9 Å². The second kappa shape index (κ2) is 11.7. The fraction of sp³-hybridized carbons (Fsp3) is 0.458. The lowest BCUT2D eigenvalue weighted by atomic mass is 9.97. The molecular weight excluding hydrogens is 448 g/mol. The van der Waals surface area contributed by atoms with Crippen molar-refractivity contribution in [1.29, 1.82) is 0 Å². The standard InChI is InChI=1S/C24H31ClN2O4S/c1-2-31-23-8-4-3-6-20(23)7-5-15-26-24(28)21-13-16-27(17-14-21)32(29,30)18-19-9-11-22(25)12-10-19/h3-4,6,8-12,21H,2,5,7,13-18H2,1H3,(H,26,28). The molecule has 0 aliphatic carbocycles. The van der Waals surface area contributed by atoms with Crippen molar-refractivity contribution in [2.75, 3.05) is 26.2 Å². The molecule has 0 bridgehead atoms. The zero-order valence-corrected chi connectivity index (χ0v) is 20.0. The maximum atomic E-state index is 12.7. The molecule has 1 aliphatic rings. The Balaban J connectivity index is 1.41. The van der Waals surface area contributed by atoms with Crippen LogP contribution < -0.4 is 10.1 Å². The van der Waals surface area contributed by atoms with Gasteiger partial charge in [0.15, 0.2) is 0 Å². The Kier molecular flexibility index (Phi) is 8.96. The molecule has 0 saturated carbocycles. The molecule has 32 heavy (non-hydrogen) atoms. The summed E-state index contributed by atoms with van der Waals surface area (Å²) in [5, 5.41) is 3.59. The number of rotatable bonds is 10. The maximum absolute atomic E-state index is 12.7. The summed E-state index contributed by atoms with van der Waals surface area (Å²) in [6.07, 6.45) is 2.74. The van der Waals surface area contributed by atoms with Crippen LogP contribution in [0.1, 0.15) is 37.3 Å². The molecule has 8 heteroatoms. The molecule has 0 radical (unpaired) electrons. The Morgan fingerprint density at radius 1 is 1.12 bits per heavy atom. The van der Waals surface area contributed by atoms with Crippen LogP contribution in [0.15, 0.2) is 48.5 Å². The highest BCUT2D eigenvalue weighted by Crippen LogP contribution is 2.23. The molecule has 6 nitrogen and oxygen atoms in total. The van der Waals surface area contributed by atoms with Crippen LogP contribution in [0.25, 0.3) is 0 Å². The van der Waals surface area contributed by atoms with Crippen molar-refractivity contribution in [3.05, 3.63) is 64.7 Å². The predicted octanol–water partition coefficient (Wildman–Crippen LogP) is 4.03. The third kappa shape index (κ3) is 6.95. The molecule has 1 amide bonds. The molecule has 1 fully saturated rings. The van der Waals surface area contributed by atoms with Crippen LogP contribution in [0.5, 0.6) is 5.75 Å². The summed E-state index contributed by atoms with van der Waals surface area (Å²) in [4.78, 5) is 12.5. The fourth-order valence-electron chi connectivity index (χ4n) is 3.92. The minimum atomic E-state index is -3.41. The van der Waals surface area contributed by atoms with E-state index in [1.807, 2.05) is 31.2 Å². The Bertz CT molecular complexity index is 987. The van der Waals surface area contributed by atoms with Crippen molar-refractivity contribution in [3.8, 4) is 5.75 Å². The molecule has 0 atom stereocenters. The van der Waals surface area contributed by atoms with Crippen molar-refractivity contribution in [1.82, 2.24) is 9.62 Å². The minimum absolute atomic E-state index is 0.0119. The predicted molar refractivity (Wildman–Crippen MR) is 127 cm³/mol. The van der Waals surface area contributed by atoms with E-state index in [4.69, 9.17) is 16.3 Å². The van der Waals surface area contributed by atoms with Crippen LogP contribution in [0.3, 0.4) is 0 Å². The summed E-state index contributed by atoms with van der Waals surface area (Å²) < 4.78 is 32.6. The highest BCUT2D eigenvalue weighted by molar-refractivity contribution is 7.88. The van der Waals surface area contributed by atoms with E-state index in [-0.39, 0.29) is 17.6 Å². The first-order valence-corrected chi connectivity index (χ1v) is 13.1. The number of carbonyl (C=O) groups is 1. The number of para-hydroxylation sites is 1. The number of piperidine rings is 1. The van der Waals surface area contributed by atoms with Crippen LogP contribution in [-0.2, 0) is 27.0 Å². The zero-order valence-electron chi connectivity index (χ0n) is 18.4. The number of hydrogen-bond acceptors (Lipinski definition) is 4. The lowest BCUT2D eigenvalue weighted by Gasteiger charge is -2.30. The van der Waals surface area contributed by atoms with E-state index in [0.717, 1.165) is 24.2 Å². The fourth-order valence-corrected chi connectivity index (χ4v) is 5.61. The largest absolute Gasteiger partial charge is 0.494 e. The van der Waals surface area contributed by atoms with Gasteiger partial charge in [-0.25, -0.2) is 12.7 Å². The summed E-state index contributed by atoms with van der Waals surface area (Å²) in [6.45, 7) is 3.92. The first kappa shape index (κ1) is 24.6. The molecule has 1 N–H and O–H groups in total. The zero-order chi connectivity index (χ0) is 23.0. The average Bonchev–Trinajstić information content (AvgIpc) is 2.79. The monoisotopic (exact) mass is 478 g/mol. The second-order valence-corrected chi connectivity index (χ2v) is 10.4. The molecule has 0 spiro atoms. The molecule has 2 aromatic rings. The van der Waals surface area contributed by atoms with E-state index in [1.165, 1.54) is 4.31 Å². The van der Waals surface area contributed by atoms with Gasteiger partial charge in [0.1, 0.15) is 5.75 Å². The Morgan fingerprint density at radius 2 is 1.81 bits per heavy atom. The number of nitrogens with one attached hydrogen (secondary N) is 1. The van der Waals surface area contributed by atoms with Crippen molar-refractivity contribution in [2.24, 2.45) is 5.92 Å². The van der Waals surface area contributed by atoms with Crippen LogP contribution in [0, 0.1) is 5.92 Å². The highest BCUT2D eigenvalue weighted by atomic mass is 35.5. The lowest BCUT2D eigenvalue weighted by Crippen LogP contribution is -2.43. The molecule has 2 aromatic carbocycles. The molecule has 0 aromatic heterocycles. The van der Waals surface area contributed by atoms with E-state index in [2.05, 4.69) is 5.32 Å². The van der Waals surface area contributed by atoms with Crippen molar-refractivity contribution in [3.63, 3.8) is 0 Å². The van der Waals surface area contributed by atoms with Crippen LogP contribution >= 0.6 is 11.6 Å². The van der Waals surface area contributed by atoms with Crippen molar-refractivity contribution in [2.45, 2.75) is 38.4 Å². The quantitative estimate of drug-likeness (QED) is 0.523. The average molecular weight is 479 g/mol. The molecule has 0 unspecified atom stereocenters. The number of ether oxygens (including phenoxy) is 1. The van der Waals surface area contributed by atoms with Gasteiger partial charge in [0.05, 0.1) is 12.4 Å². The van der Waals surface area contributed by atoms with E-state index >= 15 is 0 Å². The molecule has 1 heterocycles. The number of sulfonamides is 1. The third-order valence-electron chi connectivity index (χ3n) is 5.68. The van der Waals surface area contributed by atoms with Crippen LogP contribution in [-0.4, -0.2) is 44.9 Å². The summed E-state index contributed by atoms with van der Waals surface area (Å²) in [5.74, 6) is 0.712. The maximum Gasteiger partial charge on any atom is 0.223 e. The van der Waals surface area contributed by atoms with Gasteiger partial charge in [-0.2, -0.15) is 0 Å². The first-order chi connectivity index (χ1) is 15.4. The van der Waals surface area contributed by atoms with Gasteiger partial charge in [-0.15, -0.1) is 0 Å². The third-order valence-corrected chi connectivity index (χ3v) is 7.78. The number of amides is 1. The van der Waals surface area contributed by atoms with Gasteiger partial charge in [0.2, 0.25) is 15.9 Å². The van der Waals surface area contributed by atoms with Gasteiger partial charge < -0.3 is 10.1 Å².